The highest BCUT2D eigenvalue weighted by Gasteiger charge is 2.13. The van der Waals surface area contributed by atoms with Crippen LogP contribution in [0.3, 0.4) is 0 Å². The topological polar surface area (TPSA) is 15.3 Å². The van der Waals surface area contributed by atoms with Crippen LogP contribution in [0.25, 0.3) is 0 Å². The van der Waals surface area contributed by atoms with Gasteiger partial charge in [-0.05, 0) is 31.4 Å². The molecular weight excluding hydrogens is 244 g/mol. The third kappa shape index (κ3) is 5.16. The normalized spacial score (nSPS) is 16.2. The number of unbranched alkanes of at least 4 members (excludes halogenated alkanes) is 1. The smallest absolute Gasteiger partial charge is 0.0366 e. The summed E-state index contributed by atoms with van der Waals surface area (Å²) in [6.45, 7) is 5.68. The molecular formula is C18H30N2. The number of nitrogens with zero attached hydrogens (tertiary/aromatic N) is 1. The SMILES string of the molecule is CCCCN(CCNC1CCCCC1)c1ccccc1. The summed E-state index contributed by atoms with van der Waals surface area (Å²) < 4.78 is 0. The van der Waals surface area contributed by atoms with Crippen molar-refractivity contribution < 1.29 is 0 Å². The van der Waals surface area contributed by atoms with Crippen molar-refractivity contribution in [2.45, 2.75) is 57.9 Å². The van der Waals surface area contributed by atoms with E-state index in [-0.39, 0.29) is 0 Å². The maximum atomic E-state index is 3.76. The van der Waals surface area contributed by atoms with Crippen molar-refractivity contribution >= 4 is 5.69 Å². The van der Waals surface area contributed by atoms with E-state index in [4.69, 9.17) is 0 Å². The van der Waals surface area contributed by atoms with Gasteiger partial charge in [-0.25, -0.2) is 0 Å². The number of para-hydroxylation sites is 1. The van der Waals surface area contributed by atoms with Crippen molar-refractivity contribution in [3.05, 3.63) is 30.3 Å². The Morgan fingerprint density at radius 1 is 1.05 bits per heavy atom. The fraction of sp³-hybridized carbons (Fsp3) is 0.667. The van der Waals surface area contributed by atoms with Gasteiger partial charge in [-0.3, -0.25) is 0 Å². The molecule has 0 heterocycles. The Kier molecular flexibility index (Phi) is 6.93. The van der Waals surface area contributed by atoms with Crippen molar-refractivity contribution in [1.82, 2.24) is 5.32 Å². The van der Waals surface area contributed by atoms with Crippen LogP contribution in [0.4, 0.5) is 5.69 Å². The highest BCUT2D eigenvalue weighted by molar-refractivity contribution is 5.45. The zero-order valence-corrected chi connectivity index (χ0v) is 13.0. The highest BCUT2D eigenvalue weighted by Crippen LogP contribution is 2.17. The minimum atomic E-state index is 0.771. The molecule has 2 heteroatoms. The van der Waals surface area contributed by atoms with Gasteiger partial charge in [0, 0.05) is 31.4 Å². The summed E-state index contributed by atoms with van der Waals surface area (Å²) in [6.07, 6.45) is 9.55. The maximum absolute atomic E-state index is 3.76. The zero-order valence-electron chi connectivity index (χ0n) is 13.0. The molecule has 1 aromatic rings. The molecule has 2 nitrogen and oxygen atoms in total. The van der Waals surface area contributed by atoms with Gasteiger partial charge in [-0.2, -0.15) is 0 Å². The molecule has 0 saturated heterocycles. The molecule has 1 aromatic carbocycles. The number of hydrogen-bond acceptors (Lipinski definition) is 2. The molecule has 1 fully saturated rings. The van der Waals surface area contributed by atoms with Crippen LogP contribution in [-0.2, 0) is 0 Å². The molecule has 0 unspecified atom stereocenters. The summed E-state index contributed by atoms with van der Waals surface area (Å²) in [5, 5.41) is 3.76. The monoisotopic (exact) mass is 274 g/mol. The van der Waals surface area contributed by atoms with Gasteiger partial charge in [0.15, 0.2) is 0 Å². The van der Waals surface area contributed by atoms with Crippen LogP contribution in [0.15, 0.2) is 30.3 Å². The predicted octanol–water partition coefficient (Wildman–Crippen LogP) is 4.22. The summed E-state index contributed by atoms with van der Waals surface area (Å²) in [7, 11) is 0. The van der Waals surface area contributed by atoms with E-state index in [2.05, 4.69) is 47.5 Å². The Labute approximate surface area is 124 Å². The highest BCUT2D eigenvalue weighted by atomic mass is 15.1. The molecule has 20 heavy (non-hydrogen) atoms. The molecule has 1 aliphatic rings. The number of hydrogen-bond donors (Lipinski definition) is 1. The first-order valence-corrected chi connectivity index (χ1v) is 8.43. The van der Waals surface area contributed by atoms with E-state index >= 15 is 0 Å². The third-order valence-electron chi connectivity index (χ3n) is 4.32. The summed E-state index contributed by atoms with van der Waals surface area (Å²) in [5.41, 5.74) is 1.37. The molecule has 0 atom stereocenters. The van der Waals surface area contributed by atoms with E-state index in [1.807, 2.05) is 0 Å². The fourth-order valence-corrected chi connectivity index (χ4v) is 3.07. The van der Waals surface area contributed by atoms with Crippen molar-refractivity contribution in [2.24, 2.45) is 0 Å². The van der Waals surface area contributed by atoms with Gasteiger partial charge < -0.3 is 10.2 Å². The van der Waals surface area contributed by atoms with Gasteiger partial charge in [0.05, 0.1) is 0 Å². The van der Waals surface area contributed by atoms with Crippen molar-refractivity contribution in [3.63, 3.8) is 0 Å². The molecule has 0 aromatic heterocycles. The minimum absolute atomic E-state index is 0.771. The molecule has 0 spiro atoms. The van der Waals surface area contributed by atoms with Gasteiger partial charge in [0.2, 0.25) is 0 Å². The molecule has 2 rings (SSSR count). The second kappa shape index (κ2) is 9.02. The van der Waals surface area contributed by atoms with Crippen LogP contribution in [0.2, 0.25) is 0 Å². The maximum Gasteiger partial charge on any atom is 0.0366 e. The van der Waals surface area contributed by atoms with Crippen LogP contribution in [-0.4, -0.2) is 25.7 Å². The number of benzene rings is 1. The van der Waals surface area contributed by atoms with E-state index in [9.17, 15) is 0 Å². The van der Waals surface area contributed by atoms with E-state index < -0.39 is 0 Å². The molecule has 0 radical (unpaired) electrons. The summed E-state index contributed by atoms with van der Waals surface area (Å²) >= 11 is 0. The molecule has 1 aliphatic carbocycles. The lowest BCUT2D eigenvalue weighted by atomic mass is 9.95. The summed E-state index contributed by atoms with van der Waals surface area (Å²) in [5.74, 6) is 0. The van der Waals surface area contributed by atoms with E-state index in [1.165, 1.54) is 57.2 Å². The third-order valence-corrected chi connectivity index (χ3v) is 4.32. The van der Waals surface area contributed by atoms with Crippen molar-refractivity contribution in [2.75, 3.05) is 24.5 Å². The fourth-order valence-electron chi connectivity index (χ4n) is 3.07. The van der Waals surface area contributed by atoms with Gasteiger partial charge in [-0.15, -0.1) is 0 Å². The van der Waals surface area contributed by atoms with Gasteiger partial charge in [0.1, 0.15) is 0 Å². The molecule has 0 aliphatic heterocycles. The molecule has 0 amide bonds. The Bertz CT molecular complexity index is 344. The lowest BCUT2D eigenvalue weighted by Gasteiger charge is -2.28. The summed E-state index contributed by atoms with van der Waals surface area (Å²) in [6, 6.07) is 11.6. The Morgan fingerprint density at radius 3 is 2.50 bits per heavy atom. The number of rotatable bonds is 8. The Balaban J connectivity index is 1.78. The van der Waals surface area contributed by atoms with Gasteiger partial charge >= 0.3 is 0 Å². The lowest BCUT2D eigenvalue weighted by molar-refractivity contribution is 0.375. The number of anilines is 1. The van der Waals surface area contributed by atoms with E-state index in [0.29, 0.717) is 0 Å². The van der Waals surface area contributed by atoms with Crippen LogP contribution < -0.4 is 10.2 Å². The van der Waals surface area contributed by atoms with Crippen molar-refractivity contribution in [1.29, 1.82) is 0 Å². The van der Waals surface area contributed by atoms with Crippen LogP contribution in [0, 0.1) is 0 Å². The molecule has 1 saturated carbocycles. The second-order valence-corrected chi connectivity index (χ2v) is 5.97. The van der Waals surface area contributed by atoms with Gasteiger partial charge in [0.25, 0.3) is 0 Å². The Morgan fingerprint density at radius 2 is 1.80 bits per heavy atom. The first-order valence-electron chi connectivity index (χ1n) is 8.43. The zero-order chi connectivity index (χ0) is 14.0. The van der Waals surface area contributed by atoms with Crippen LogP contribution in [0.5, 0.6) is 0 Å². The average molecular weight is 274 g/mol. The predicted molar refractivity (Wildman–Crippen MR) is 88.4 cm³/mol. The Hall–Kier alpha value is -1.02. The van der Waals surface area contributed by atoms with Crippen LogP contribution in [0.1, 0.15) is 51.9 Å². The molecule has 112 valence electrons. The first kappa shape index (κ1) is 15.4. The largest absolute Gasteiger partial charge is 0.370 e. The minimum Gasteiger partial charge on any atom is -0.370 e. The summed E-state index contributed by atoms with van der Waals surface area (Å²) in [4.78, 5) is 2.53. The average Bonchev–Trinajstić information content (AvgIpc) is 2.52. The van der Waals surface area contributed by atoms with E-state index in [1.54, 1.807) is 0 Å². The molecule has 1 N–H and O–H groups in total. The van der Waals surface area contributed by atoms with Crippen molar-refractivity contribution in [3.8, 4) is 0 Å². The standard InChI is InChI=1S/C18H30N2/c1-2-3-15-20(18-12-8-5-9-13-18)16-14-19-17-10-6-4-7-11-17/h5,8-9,12-13,17,19H,2-4,6-7,10-11,14-16H2,1H3. The van der Waals surface area contributed by atoms with Crippen LogP contribution >= 0.6 is 0 Å². The quantitative estimate of drug-likeness (QED) is 0.763. The van der Waals surface area contributed by atoms with E-state index in [0.717, 1.165) is 19.1 Å². The second-order valence-electron chi connectivity index (χ2n) is 5.97. The van der Waals surface area contributed by atoms with Gasteiger partial charge in [-0.1, -0.05) is 50.8 Å². The molecule has 0 bridgehead atoms. The first-order chi connectivity index (χ1) is 9.90. The number of nitrogens with one attached hydrogen (secondary N) is 1. The lowest BCUT2D eigenvalue weighted by Crippen LogP contribution is -2.38.